The fraction of sp³-hybridized carbons (Fsp3) is 0.400. The van der Waals surface area contributed by atoms with Crippen molar-refractivity contribution in [3.8, 4) is 11.5 Å². The maximum Gasteiger partial charge on any atom is 0.161 e. The molecule has 0 spiro atoms. The minimum Gasteiger partial charge on any atom is -0.493 e. The van der Waals surface area contributed by atoms with Crippen molar-refractivity contribution in [1.82, 2.24) is 0 Å². The highest BCUT2D eigenvalue weighted by molar-refractivity contribution is 5.56. The summed E-state index contributed by atoms with van der Waals surface area (Å²) in [6.45, 7) is 3.15. The predicted molar refractivity (Wildman–Crippen MR) is 96.0 cm³/mol. The van der Waals surface area contributed by atoms with E-state index in [0.29, 0.717) is 0 Å². The lowest BCUT2D eigenvalue weighted by Crippen LogP contribution is -2.39. The number of aliphatic hydroxyl groups excluding tert-OH is 1. The van der Waals surface area contributed by atoms with Gasteiger partial charge in [0.1, 0.15) is 0 Å². The van der Waals surface area contributed by atoms with E-state index in [4.69, 9.17) is 9.47 Å². The largest absolute Gasteiger partial charge is 0.493 e. The minimum atomic E-state index is 0.112. The first-order chi connectivity index (χ1) is 11.7. The second kappa shape index (κ2) is 7.14. The summed E-state index contributed by atoms with van der Waals surface area (Å²) >= 11 is 0. The molecule has 2 atom stereocenters. The van der Waals surface area contributed by atoms with Crippen molar-refractivity contribution in [3.63, 3.8) is 0 Å². The van der Waals surface area contributed by atoms with Crippen LogP contribution in [0.5, 0.6) is 11.5 Å². The Morgan fingerprint density at radius 1 is 1.12 bits per heavy atom. The Kier molecular flexibility index (Phi) is 4.95. The predicted octanol–water partition coefficient (Wildman–Crippen LogP) is 3.44. The van der Waals surface area contributed by atoms with E-state index >= 15 is 0 Å². The SMILES string of the molecule is COc1cc2c(cc1OC)[C@H]([C@@H](C)CO)N(c1ccccc1)CC2. The van der Waals surface area contributed by atoms with Crippen LogP contribution in [0.25, 0.3) is 0 Å². The van der Waals surface area contributed by atoms with Gasteiger partial charge >= 0.3 is 0 Å². The Morgan fingerprint density at radius 2 is 1.79 bits per heavy atom. The number of ether oxygens (including phenoxy) is 2. The fourth-order valence-electron chi connectivity index (χ4n) is 3.60. The first kappa shape index (κ1) is 16.7. The molecule has 0 amide bonds. The number of anilines is 1. The summed E-state index contributed by atoms with van der Waals surface area (Å²) in [4.78, 5) is 2.38. The van der Waals surface area contributed by atoms with Gasteiger partial charge in [-0.1, -0.05) is 25.1 Å². The molecule has 1 aliphatic rings. The lowest BCUT2D eigenvalue weighted by molar-refractivity contribution is 0.210. The normalized spacial score (nSPS) is 18.0. The molecule has 1 N–H and O–H groups in total. The van der Waals surface area contributed by atoms with Crippen LogP contribution < -0.4 is 14.4 Å². The van der Waals surface area contributed by atoms with Gasteiger partial charge in [-0.25, -0.2) is 0 Å². The molecule has 0 aromatic heterocycles. The van der Waals surface area contributed by atoms with Crippen molar-refractivity contribution in [2.24, 2.45) is 5.92 Å². The van der Waals surface area contributed by atoms with Crippen LogP contribution in [-0.2, 0) is 6.42 Å². The van der Waals surface area contributed by atoms with Crippen LogP contribution in [0.3, 0.4) is 0 Å². The third-order valence-corrected chi connectivity index (χ3v) is 4.84. The highest BCUT2D eigenvalue weighted by atomic mass is 16.5. The summed E-state index contributed by atoms with van der Waals surface area (Å²) in [5.74, 6) is 1.61. The summed E-state index contributed by atoms with van der Waals surface area (Å²) < 4.78 is 10.9. The van der Waals surface area contributed by atoms with E-state index in [0.717, 1.165) is 24.5 Å². The average molecular weight is 327 g/mol. The van der Waals surface area contributed by atoms with Gasteiger partial charge in [0.15, 0.2) is 11.5 Å². The van der Waals surface area contributed by atoms with Gasteiger partial charge in [-0.15, -0.1) is 0 Å². The topological polar surface area (TPSA) is 41.9 Å². The second-order valence-electron chi connectivity index (χ2n) is 6.29. The summed E-state index contributed by atoms with van der Waals surface area (Å²) in [6.07, 6.45) is 0.944. The quantitative estimate of drug-likeness (QED) is 0.913. The Balaban J connectivity index is 2.09. The van der Waals surface area contributed by atoms with Crippen molar-refractivity contribution in [2.45, 2.75) is 19.4 Å². The molecular formula is C20H25NO3. The third-order valence-electron chi connectivity index (χ3n) is 4.84. The van der Waals surface area contributed by atoms with Crippen molar-refractivity contribution >= 4 is 5.69 Å². The molecule has 0 saturated heterocycles. The van der Waals surface area contributed by atoms with Gasteiger partial charge in [-0.3, -0.25) is 0 Å². The molecule has 24 heavy (non-hydrogen) atoms. The van der Waals surface area contributed by atoms with E-state index in [9.17, 15) is 5.11 Å². The number of fused-ring (bicyclic) bond motifs is 1. The number of methoxy groups -OCH3 is 2. The van der Waals surface area contributed by atoms with E-state index in [2.05, 4.69) is 48.2 Å². The number of aliphatic hydroxyl groups is 1. The molecule has 1 heterocycles. The van der Waals surface area contributed by atoms with E-state index in [-0.39, 0.29) is 18.6 Å². The zero-order valence-electron chi connectivity index (χ0n) is 14.5. The molecule has 0 radical (unpaired) electrons. The summed E-state index contributed by atoms with van der Waals surface area (Å²) in [5, 5.41) is 9.82. The molecule has 0 saturated carbocycles. The molecule has 4 heteroatoms. The minimum absolute atomic E-state index is 0.112. The summed E-state index contributed by atoms with van der Waals surface area (Å²) in [7, 11) is 3.32. The monoisotopic (exact) mass is 327 g/mol. The maximum absolute atomic E-state index is 9.82. The standard InChI is InChI=1S/C20H25NO3/c1-14(13-22)20-17-12-19(24-3)18(23-2)11-15(17)9-10-21(20)16-7-5-4-6-8-16/h4-8,11-12,14,20,22H,9-10,13H2,1-3H3/t14-,20-/m0/s1. The Hall–Kier alpha value is -2.20. The number of hydrogen-bond donors (Lipinski definition) is 1. The average Bonchev–Trinajstić information content (AvgIpc) is 2.65. The highest BCUT2D eigenvalue weighted by Gasteiger charge is 2.32. The molecule has 4 nitrogen and oxygen atoms in total. The van der Waals surface area contributed by atoms with Crippen LogP contribution >= 0.6 is 0 Å². The van der Waals surface area contributed by atoms with E-state index in [1.807, 2.05) is 6.07 Å². The summed E-state index contributed by atoms with van der Waals surface area (Å²) in [6, 6.07) is 14.7. The molecule has 0 unspecified atom stereocenters. The van der Waals surface area contributed by atoms with Crippen LogP contribution in [0.1, 0.15) is 24.1 Å². The molecule has 0 bridgehead atoms. The summed E-state index contributed by atoms with van der Waals surface area (Å²) in [5.41, 5.74) is 3.66. The first-order valence-electron chi connectivity index (χ1n) is 8.37. The number of para-hydroxylation sites is 1. The van der Waals surface area contributed by atoms with Crippen LogP contribution in [0.2, 0.25) is 0 Å². The fourth-order valence-corrected chi connectivity index (χ4v) is 3.60. The number of hydrogen-bond acceptors (Lipinski definition) is 4. The van der Waals surface area contributed by atoms with Crippen molar-refractivity contribution < 1.29 is 14.6 Å². The third kappa shape index (κ3) is 2.94. The van der Waals surface area contributed by atoms with Gasteiger partial charge in [0, 0.05) is 24.8 Å². The van der Waals surface area contributed by atoms with Gasteiger partial charge in [-0.2, -0.15) is 0 Å². The lowest BCUT2D eigenvalue weighted by atomic mass is 9.85. The van der Waals surface area contributed by atoms with E-state index in [1.54, 1.807) is 14.2 Å². The molecule has 0 fully saturated rings. The van der Waals surface area contributed by atoms with Gasteiger partial charge in [0.2, 0.25) is 0 Å². The van der Waals surface area contributed by atoms with Crippen LogP contribution in [0.15, 0.2) is 42.5 Å². The highest BCUT2D eigenvalue weighted by Crippen LogP contribution is 2.42. The van der Waals surface area contributed by atoms with Crippen LogP contribution in [0.4, 0.5) is 5.69 Å². The zero-order valence-corrected chi connectivity index (χ0v) is 14.5. The van der Waals surface area contributed by atoms with Crippen molar-refractivity contribution in [1.29, 1.82) is 0 Å². The van der Waals surface area contributed by atoms with Crippen LogP contribution in [-0.4, -0.2) is 32.5 Å². The molecular weight excluding hydrogens is 302 g/mol. The first-order valence-corrected chi connectivity index (χ1v) is 8.37. The van der Waals surface area contributed by atoms with E-state index in [1.165, 1.54) is 16.8 Å². The van der Waals surface area contributed by atoms with Gasteiger partial charge < -0.3 is 19.5 Å². The van der Waals surface area contributed by atoms with Crippen molar-refractivity contribution in [3.05, 3.63) is 53.6 Å². The molecule has 3 rings (SSSR count). The van der Waals surface area contributed by atoms with Gasteiger partial charge in [-0.05, 0) is 41.8 Å². The Labute approximate surface area is 143 Å². The van der Waals surface area contributed by atoms with Crippen LogP contribution in [0, 0.1) is 5.92 Å². The van der Waals surface area contributed by atoms with Gasteiger partial charge in [0.05, 0.1) is 20.3 Å². The van der Waals surface area contributed by atoms with Crippen molar-refractivity contribution in [2.75, 3.05) is 32.3 Å². The van der Waals surface area contributed by atoms with E-state index < -0.39 is 0 Å². The second-order valence-corrected chi connectivity index (χ2v) is 6.29. The number of nitrogens with zero attached hydrogens (tertiary/aromatic N) is 1. The Morgan fingerprint density at radius 3 is 2.42 bits per heavy atom. The molecule has 2 aromatic carbocycles. The maximum atomic E-state index is 9.82. The smallest absolute Gasteiger partial charge is 0.161 e. The molecule has 128 valence electrons. The molecule has 2 aromatic rings. The zero-order chi connectivity index (χ0) is 17.1. The number of benzene rings is 2. The molecule has 0 aliphatic carbocycles. The molecule has 1 aliphatic heterocycles. The number of rotatable bonds is 5. The lowest BCUT2D eigenvalue weighted by Gasteiger charge is -2.42. The van der Waals surface area contributed by atoms with Gasteiger partial charge in [0.25, 0.3) is 0 Å². The Bertz CT molecular complexity index is 687.